The molecular formula is C9H11F2NO. The lowest BCUT2D eigenvalue weighted by atomic mass is 10.0. The van der Waals surface area contributed by atoms with Crippen LogP contribution < -0.4 is 5.73 Å². The average Bonchev–Trinajstić information content (AvgIpc) is 2.04. The molecule has 0 aromatic heterocycles. The van der Waals surface area contributed by atoms with Crippen LogP contribution in [0.4, 0.5) is 8.78 Å². The van der Waals surface area contributed by atoms with E-state index in [0.29, 0.717) is 0 Å². The highest BCUT2D eigenvalue weighted by atomic mass is 19.3. The van der Waals surface area contributed by atoms with Crippen molar-refractivity contribution in [3.8, 4) is 5.75 Å². The molecule has 3 N–H and O–H groups in total. The third-order valence-corrected chi connectivity index (χ3v) is 1.82. The van der Waals surface area contributed by atoms with Crippen LogP contribution in [-0.2, 0) is 5.92 Å². The fraction of sp³-hybridized carbons (Fsp3) is 0.333. The molecule has 0 amide bonds. The zero-order valence-corrected chi connectivity index (χ0v) is 7.17. The smallest absolute Gasteiger partial charge is 0.287 e. The monoisotopic (exact) mass is 187 g/mol. The quantitative estimate of drug-likeness (QED) is 0.742. The van der Waals surface area contributed by atoms with Crippen LogP contribution >= 0.6 is 0 Å². The summed E-state index contributed by atoms with van der Waals surface area (Å²) in [6.07, 6.45) is 0. The molecule has 72 valence electrons. The Bertz CT molecular complexity index is 282. The highest BCUT2D eigenvalue weighted by Crippen LogP contribution is 2.31. The summed E-state index contributed by atoms with van der Waals surface area (Å²) in [5.41, 5.74) is 4.95. The first-order valence-corrected chi connectivity index (χ1v) is 3.87. The summed E-state index contributed by atoms with van der Waals surface area (Å²) >= 11 is 0. The lowest BCUT2D eigenvalue weighted by Crippen LogP contribution is -2.35. The SMILES string of the molecule is CC(N)C(F)(F)c1ccc(O)cc1. The number of rotatable bonds is 2. The van der Waals surface area contributed by atoms with Gasteiger partial charge in [-0.1, -0.05) is 0 Å². The number of phenolic OH excluding ortho intramolecular Hbond substituents is 1. The predicted octanol–water partition coefficient (Wildman–Crippen LogP) is 1.83. The second-order valence-corrected chi connectivity index (χ2v) is 2.96. The zero-order chi connectivity index (χ0) is 10.1. The van der Waals surface area contributed by atoms with Gasteiger partial charge in [0.25, 0.3) is 5.92 Å². The molecule has 0 aliphatic rings. The summed E-state index contributed by atoms with van der Waals surface area (Å²) in [5, 5.41) is 8.88. The summed E-state index contributed by atoms with van der Waals surface area (Å²) in [7, 11) is 0. The highest BCUT2D eigenvalue weighted by Gasteiger charge is 2.35. The number of hydrogen-bond acceptors (Lipinski definition) is 2. The minimum Gasteiger partial charge on any atom is -0.508 e. The van der Waals surface area contributed by atoms with Gasteiger partial charge in [-0.3, -0.25) is 0 Å². The third kappa shape index (κ3) is 1.95. The van der Waals surface area contributed by atoms with Gasteiger partial charge in [-0.05, 0) is 31.2 Å². The van der Waals surface area contributed by atoms with Crippen LogP contribution in [0.2, 0.25) is 0 Å². The average molecular weight is 187 g/mol. The Morgan fingerprint density at radius 3 is 2.15 bits per heavy atom. The number of benzene rings is 1. The topological polar surface area (TPSA) is 46.2 Å². The maximum absolute atomic E-state index is 13.2. The van der Waals surface area contributed by atoms with Crippen molar-refractivity contribution in [3.63, 3.8) is 0 Å². The molecule has 0 fully saturated rings. The summed E-state index contributed by atoms with van der Waals surface area (Å²) in [5.74, 6) is -3.09. The molecule has 0 saturated carbocycles. The zero-order valence-electron chi connectivity index (χ0n) is 7.17. The van der Waals surface area contributed by atoms with Crippen molar-refractivity contribution in [2.75, 3.05) is 0 Å². The van der Waals surface area contributed by atoms with Crippen LogP contribution in [0.25, 0.3) is 0 Å². The number of aromatic hydroxyl groups is 1. The first-order valence-electron chi connectivity index (χ1n) is 3.87. The number of phenols is 1. The van der Waals surface area contributed by atoms with E-state index in [4.69, 9.17) is 10.8 Å². The molecule has 0 bridgehead atoms. The van der Waals surface area contributed by atoms with Crippen molar-refractivity contribution in [2.45, 2.75) is 18.9 Å². The minimum absolute atomic E-state index is 0.0378. The van der Waals surface area contributed by atoms with Crippen molar-refractivity contribution in [1.82, 2.24) is 0 Å². The molecule has 0 heterocycles. The van der Waals surface area contributed by atoms with E-state index in [1.807, 2.05) is 0 Å². The Kier molecular flexibility index (Phi) is 2.52. The van der Waals surface area contributed by atoms with Crippen molar-refractivity contribution in [1.29, 1.82) is 0 Å². The van der Waals surface area contributed by atoms with Gasteiger partial charge in [0, 0.05) is 5.56 Å². The van der Waals surface area contributed by atoms with Gasteiger partial charge < -0.3 is 10.8 Å². The van der Waals surface area contributed by atoms with Crippen LogP contribution in [0.3, 0.4) is 0 Å². The van der Waals surface area contributed by atoms with Crippen LogP contribution in [-0.4, -0.2) is 11.1 Å². The molecule has 1 unspecified atom stereocenters. The van der Waals surface area contributed by atoms with Crippen LogP contribution in [0, 0.1) is 0 Å². The van der Waals surface area contributed by atoms with E-state index in [1.54, 1.807) is 0 Å². The van der Waals surface area contributed by atoms with Gasteiger partial charge in [-0.15, -0.1) is 0 Å². The van der Waals surface area contributed by atoms with Gasteiger partial charge >= 0.3 is 0 Å². The molecule has 1 rings (SSSR count). The maximum Gasteiger partial charge on any atom is 0.287 e. The van der Waals surface area contributed by atoms with Crippen molar-refractivity contribution in [2.24, 2.45) is 5.73 Å². The largest absolute Gasteiger partial charge is 0.508 e. The van der Waals surface area contributed by atoms with Crippen LogP contribution in [0.1, 0.15) is 12.5 Å². The van der Waals surface area contributed by atoms with Crippen LogP contribution in [0.5, 0.6) is 5.75 Å². The van der Waals surface area contributed by atoms with E-state index in [1.165, 1.54) is 31.2 Å². The van der Waals surface area contributed by atoms with E-state index in [2.05, 4.69) is 0 Å². The molecule has 13 heavy (non-hydrogen) atoms. The second-order valence-electron chi connectivity index (χ2n) is 2.96. The van der Waals surface area contributed by atoms with E-state index >= 15 is 0 Å². The summed E-state index contributed by atoms with van der Waals surface area (Å²) in [6, 6.07) is 3.52. The van der Waals surface area contributed by atoms with Crippen LogP contribution in [0.15, 0.2) is 24.3 Å². The summed E-state index contributed by atoms with van der Waals surface area (Å²) in [4.78, 5) is 0. The number of halogens is 2. The third-order valence-electron chi connectivity index (χ3n) is 1.82. The number of alkyl halides is 2. The summed E-state index contributed by atoms with van der Waals surface area (Å²) in [6.45, 7) is 1.24. The Morgan fingerprint density at radius 1 is 1.31 bits per heavy atom. The van der Waals surface area contributed by atoms with Gasteiger partial charge in [0.15, 0.2) is 0 Å². The fourth-order valence-corrected chi connectivity index (χ4v) is 0.947. The van der Waals surface area contributed by atoms with Gasteiger partial charge in [-0.25, -0.2) is 0 Å². The van der Waals surface area contributed by atoms with E-state index in [9.17, 15) is 8.78 Å². The van der Waals surface area contributed by atoms with E-state index in [0.717, 1.165) is 0 Å². The fourth-order valence-electron chi connectivity index (χ4n) is 0.947. The van der Waals surface area contributed by atoms with Crippen molar-refractivity contribution < 1.29 is 13.9 Å². The normalized spacial score (nSPS) is 14.2. The summed E-state index contributed by atoms with van der Waals surface area (Å²) < 4.78 is 26.4. The second kappa shape index (κ2) is 3.30. The minimum atomic E-state index is -3.05. The van der Waals surface area contributed by atoms with Gasteiger partial charge in [0.1, 0.15) is 5.75 Å². The first kappa shape index (κ1) is 9.92. The molecule has 0 aliphatic heterocycles. The molecule has 4 heteroatoms. The first-order chi connectivity index (χ1) is 5.94. The molecule has 0 spiro atoms. The Hall–Kier alpha value is -1.16. The van der Waals surface area contributed by atoms with E-state index in [-0.39, 0.29) is 11.3 Å². The lowest BCUT2D eigenvalue weighted by Gasteiger charge is -2.20. The predicted molar refractivity (Wildman–Crippen MR) is 45.7 cm³/mol. The maximum atomic E-state index is 13.2. The standard InChI is InChI=1S/C9H11F2NO/c1-6(12)9(10,11)7-2-4-8(13)5-3-7/h2-6,13H,12H2,1H3. The molecule has 0 radical (unpaired) electrons. The number of nitrogens with two attached hydrogens (primary N) is 1. The Balaban J connectivity index is 3.01. The molecule has 1 aromatic rings. The van der Waals surface area contributed by atoms with Gasteiger partial charge in [-0.2, -0.15) is 8.78 Å². The highest BCUT2D eigenvalue weighted by molar-refractivity contribution is 5.29. The molecule has 0 aliphatic carbocycles. The molecule has 2 nitrogen and oxygen atoms in total. The van der Waals surface area contributed by atoms with Gasteiger partial charge in [0.05, 0.1) is 6.04 Å². The van der Waals surface area contributed by atoms with Crippen molar-refractivity contribution in [3.05, 3.63) is 29.8 Å². The molecule has 1 aromatic carbocycles. The van der Waals surface area contributed by atoms with E-state index < -0.39 is 12.0 Å². The number of hydrogen-bond donors (Lipinski definition) is 2. The molecular weight excluding hydrogens is 176 g/mol. The lowest BCUT2D eigenvalue weighted by molar-refractivity contribution is -0.0256. The van der Waals surface area contributed by atoms with Gasteiger partial charge in [0.2, 0.25) is 0 Å². The molecule has 1 atom stereocenters. The Labute approximate surface area is 75.0 Å². The van der Waals surface area contributed by atoms with Crippen molar-refractivity contribution >= 4 is 0 Å². The molecule has 0 saturated heterocycles. The Morgan fingerprint density at radius 2 is 1.77 bits per heavy atom.